The fourth-order valence-corrected chi connectivity index (χ4v) is 5.25. The molecule has 5 rings (SSSR count). The second kappa shape index (κ2) is 9.19. The van der Waals surface area contributed by atoms with Gasteiger partial charge >= 0.3 is 0 Å². The van der Waals surface area contributed by atoms with Gasteiger partial charge in [0.25, 0.3) is 5.91 Å². The van der Waals surface area contributed by atoms with Crippen LogP contribution in [-0.4, -0.2) is 66.5 Å². The van der Waals surface area contributed by atoms with E-state index in [0.29, 0.717) is 18.8 Å². The van der Waals surface area contributed by atoms with Crippen molar-refractivity contribution in [3.63, 3.8) is 0 Å². The van der Waals surface area contributed by atoms with E-state index in [1.807, 2.05) is 47.9 Å². The van der Waals surface area contributed by atoms with Gasteiger partial charge in [-0.05, 0) is 36.6 Å². The van der Waals surface area contributed by atoms with Gasteiger partial charge in [-0.1, -0.05) is 37.3 Å². The molecular formula is C24H33N5O3. The smallest absolute Gasteiger partial charge is 0.251 e. The second-order valence-electron chi connectivity index (χ2n) is 9.58. The Labute approximate surface area is 189 Å². The fourth-order valence-electron chi connectivity index (χ4n) is 5.25. The molecule has 3 fully saturated rings. The number of benzene rings is 1. The molecule has 1 aromatic carbocycles. The van der Waals surface area contributed by atoms with Crippen LogP contribution in [-0.2, 0) is 15.9 Å². The van der Waals surface area contributed by atoms with E-state index in [1.54, 1.807) is 0 Å². The number of carbonyl (C=O) groups excluding carboxylic acids is 1. The molecule has 0 spiro atoms. The molecule has 0 unspecified atom stereocenters. The summed E-state index contributed by atoms with van der Waals surface area (Å²) in [6.07, 6.45) is 9.40. The third kappa shape index (κ3) is 4.38. The standard InChI is InChI=1S/C24H33N5O3/c1-28(2)19-10-8-17(9-11-19)24(30)25-20-14-31-23-21(15-32-22(20)23)29-13-18(26-27-29)12-16-6-4-3-5-7-16/h8-11,13,16,20-23H,3-7,12,14-15H2,1-2H3,(H,25,30)/t20-,21+,22-,23+/m1/s1. The van der Waals surface area contributed by atoms with E-state index in [4.69, 9.17) is 9.47 Å². The predicted octanol–water partition coefficient (Wildman–Crippen LogP) is 2.60. The largest absolute Gasteiger partial charge is 0.378 e. The van der Waals surface area contributed by atoms with Gasteiger partial charge in [0.2, 0.25) is 0 Å². The summed E-state index contributed by atoms with van der Waals surface area (Å²) in [7, 11) is 3.96. The molecule has 32 heavy (non-hydrogen) atoms. The maximum absolute atomic E-state index is 12.8. The van der Waals surface area contributed by atoms with Crippen molar-refractivity contribution in [2.75, 3.05) is 32.2 Å². The highest BCUT2D eigenvalue weighted by Gasteiger charge is 2.49. The summed E-state index contributed by atoms with van der Waals surface area (Å²) < 4.78 is 14.0. The molecule has 2 aromatic rings. The summed E-state index contributed by atoms with van der Waals surface area (Å²) in [5.74, 6) is 0.628. The Bertz CT molecular complexity index is 922. The van der Waals surface area contributed by atoms with Gasteiger partial charge in [-0.2, -0.15) is 0 Å². The number of carbonyl (C=O) groups is 1. The third-order valence-corrected chi connectivity index (χ3v) is 7.11. The molecule has 1 aromatic heterocycles. The highest BCUT2D eigenvalue weighted by atomic mass is 16.6. The minimum Gasteiger partial charge on any atom is -0.378 e. The lowest BCUT2D eigenvalue weighted by Gasteiger charge is -2.20. The molecule has 0 radical (unpaired) electrons. The summed E-state index contributed by atoms with van der Waals surface area (Å²) in [4.78, 5) is 14.8. The van der Waals surface area contributed by atoms with Crippen molar-refractivity contribution in [2.45, 2.75) is 62.8 Å². The van der Waals surface area contributed by atoms with E-state index < -0.39 is 0 Å². The number of fused-ring (bicyclic) bond motifs is 1. The van der Waals surface area contributed by atoms with Crippen molar-refractivity contribution < 1.29 is 14.3 Å². The van der Waals surface area contributed by atoms with E-state index in [1.165, 1.54) is 32.1 Å². The number of anilines is 1. The number of nitrogens with zero attached hydrogens (tertiary/aromatic N) is 4. The summed E-state index contributed by atoms with van der Waals surface area (Å²) in [6.45, 7) is 0.961. The predicted molar refractivity (Wildman–Crippen MR) is 121 cm³/mol. The molecule has 1 saturated carbocycles. The Morgan fingerprint density at radius 1 is 1.09 bits per heavy atom. The Morgan fingerprint density at radius 3 is 2.59 bits per heavy atom. The first-order valence-electron chi connectivity index (χ1n) is 11.8. The summed E-state index contributed by atoms with van der Waals surface area (Å²) >= 11 is 0. The van der Waals surface area contributed by atoms with Crippen LogP contribution in [0.5, 0.6) is 0 Å². The van der Waals surface area contributed by atoms with Gasteiger partial charge in [0.05, 0.1) is 24.9 Å². The molecule has 2 aliphatic heterocycles. The maximum Gasteiger partial charge on any atom is 0.251 e. The van der Waals surface area contributed by atoms with Crippen molar-refractivity contribution in [3.05, 3.63) is 41.7 Å². The van der Waals surface area contributed by atoms with Gasteiger partial charge in [0.15, 0.2) is 0 Å². The maximum atomic E-state index is 12.8. The Kier molecular flexibility index (Phi) is 6.15. The van der Waals surface area contributed by atoms with Gasteiger partial charge in [0, 0.05) is 31.5 Å². The van der Waals surface area contributed by atoms with Crippen molar-refractivity contribution in [3.8, 4) is 0 Å². The third-order valence-electron chi connectivity index (χ3n) is 7.11. The number of hydrogen-bond donors (Lipinski definition) is 1. The van der Waals surface area contributed by atoms with Crippen LogP contribution in [0, 0.1) is 5.92 Å². The van der Waals surface area contributed by atoms with Crippen LogP contribution < -0.4 is 10.2 Å². The molecule has 3 aliphatic rings. The first kappa shape index (κ1) is 21.4. The molecule has 172 valence electrons. The molecule has 2 saturated heterocycles. The summed E-state index contributed by atoms with van der Waals surface area (Å²) in [5.41, 5.74) is 2.75. The number of nitrogens with one attached hydrogen (secondary N) is 1. The number of rotatable bonds is 6. The normalized spacial score (nSPS) is 27.9. The molecule has 1 amide bonds. The van der Waals surface area contributed by atoms with Crippen LogP contribution in [0.3, 0.4) is 0 Å². The molecule has 0 bridgehead atoms. The second-order valence-corrected chi connectivity index (χ2v) is 9.58. The highest BCUT2D eigenvalue weighted by molar-refractivity contribution is 5.94. The molecule has 1 N–H and O–H groups in total. The Morgan fingerprint density at radius 2 is 1.84 bits per heavy atom. The van der Waals surface area contributed by atoms with E-state index in [2.05, 4.69) is 21.8 Å². The van der Waals surface area contributed by atoms with Gasteiger partial charge in [0.1, 0.15) is 18.2 Å². The molecule has 8 heteroatoms. The number of ether oxygens (including phenoxy) is 2. The zero-order chi connectivity index (χ0) is 22.1. The van der Waals surface area contributed by atoms with E-state index in [9.17, 15) is 4.79 Å². The molecule has 3 heterocycles. The van der Waals surface area contributed by atoms with E-state index >= 15 is 0 Å². The molecular weight excluding hydrogens is 406 g/mol. The fraction of sp³-hybridized carbons (Fsp3) is 0.625. The topological polar surface area (TPSA) is 81.5 Å². The van der Waals surface area contributed by atoms with E-state index in [0.717, 1.165) is 23.7 Å². The lowest BCUT2D eigenvalue weighted by Crippen LogP contribution is -2.44. The average molecular weight is 440 g/mol. The zero-order valence-corrected chi connectivity index (χ0v) is 18.9. The summed E-state index contributed by atoms with van der Waals surface area (Å²) in [6, 6.07) is 7.41. The van der Waals surface area contributed by atoms with Gasteiger partial charge < -0.3 is 19.7 Å². The SMILES string of the molecule is CN(C)c1ccc(C(=O)N[C@@H]2CO[C@@H]3[C@@H]2OC[C@@H]3n2cc(CC3CCCCC3)nn2)cc1. The minimum absolute atomic E-state index is 0.00566. The first-order chi connectivity index (χ1) is 15.6. The van der Waals surface area contributed by atoms with Crippen LogP contribution in [0.25, 0.3) is 0 Å². The number of aromatic nitrogens is 3. The van der Waals surface area contributed by atoms with Crippen molar-refractivity contribution >= 4 is 11.6 Å². The first-order valence-corrected chi connectivity index (χ1v) is 11.8. The number of amides is 1. The van der Waals surface area contributed by atoms with Crippen LogP contribution in [0.1, 0.15) is 54.2 Å². The van der Waals surface area contributed by atoms with Crippen LogP contribution >= 0.6 is 0 Å². The number of hydrogen-bond acceptors (Lipinski definition) is 6. The van der Waals surface area contributed by atoms with Gasteiger partial charge in [-0.15, -0.1) is 5.10 Å². The summed E-state index contributed by atoms with van der Waals surface area (Å²) in [5, 5.41) is 11.9. The van der Waals surface area contributed by atoms with Gasteiger partial charge in [-0.25, -0.2) is 4.68 Å². The highest BCUT2D eigenvalue weighted by Crippen LogP contribution is 2.34. The van der Waals surface area contributed by atoms with Crippen molar-refractivity contribution in [2.24, 2.45) is 5.92 Å². The van der Waals surface area contributed by atoms with Crippen LogP contribution in [0.15, 0.2) is 30.5 Å². The average Bonchev–Trinajstić information content (AvgIpc) is 3.52. The monoisotopic (exact) mass is 439 g/mol. The van der Waals surface area contributed by atoms with E-state index in [-0.39, 0.29) is 30.2 Å². The molecule has 1 aliphatic carbocycles. The molecule has 8 nitrogen and oxygen atoms in total. The van der Waals surface area contributed by atoms with Crippen LogP contribution in [0.4, 0.5) is 5.69 Å². The van der Waals surface area contributed by atoms with Crippen molar-refractivity contribution in [1.82, 2.24) is 20.3 Å². The van der Waals surface area contributed by atoms with Crippen LogP contribution in [0.2, 0.25) is 0 Å². The zero-order valence-electron chi connectivity index (χ0n) is 18.9. The lowest BCUT2D eigenvalue weighted by molar-refractivity contribution is 0.0613. The van der Waals surface area contributed by atoms with Gasteiger partial charge in [-0.3, -0.25) is 4.79 Å². The minimum atomic E-state index is -0.170. The quantitative estimate of drug-likeness (QED) is 0.745. The van der Waals surface area contributed by atoms with Crippen molar-refractivity contribution in [1.29, 1.82) is 0 Å². The lowest BCUT2D eigenvalue weighted by atomic mass is 9.86. The Balaban J connectivity index is 1.19. The molecule has 4 atom stereocenters. The Hall–Kier alpha value is -2.45.